The van der Waals surface area contributed by atoms with Crippen molar-refractivity contribution in [1.29, 1.82) is 0 Å². The average Bonchev–Trinajstić information content (AvgIpc) is 2.71. The Hall–Kier alpha value is -1.62. The number of nitrogens with one attached hydrogen (secondary N) is 1. The fourth-order valence-electron chi connectivity index (χ4n) is 1.92. The van der Waals surface area contributed by atoms with E-state index in [-0.39, 0.29) is 0 Å². The maximum Gasteiger partial charge on any atom is 0.195 e. The second kappa shape index (κ2) is 5.35. The molecule has 2 aromatic rings. The van der Waals surface area contributed by atoms with E-state index in [1.807, 2.05) is 28.8 Å². The van der Waals surface area contributed by atoms with Gasteiger partial charge in [-0.05, 0) is 43.8 Å². The van der Waals surface area contributed by atoms with E-state index in [0.717, 1.165) is 18.0 Å². The van der Waals surface area contributed by atoms with Crippen LogP contribution in [-0.2, 0) is 6.42 Å². The number of H-pyrrole nitrogens is 1. The van der Waals surface area contributed by atoms with E-state index >= 15 is 0 Å². The molecule has 0 unspecified atom stereocenters. The lowest BCUT2D eigenvalue weighted by Gasteiger charge is -2.10. The lowest BCUT2D eigenvalue weighted by Crippen LogP contribution is -2.07. The molecule has 0 aliphatic heterocycles. The highest BCUT2D eigenvalue weighted by atomic mass is 32.1. The predicted molar refractivity (Wildman–Crippen MR) is 73.6 cm³/mol. The molecule has 5 heteroatoms. The number of aromatic amines is 1. The summed E-state index contributed by atoms with van der Waals surface area (Å²) in [5.41, 5.74) is 1.19. The van der Waals surface area contributed by atoms with Gasteiger partial charge in [0.2, 0.25) is 0 Å². The van der Waals surface area contributed by atoms with Crippen molar-refractivity contribution in [3.8, 4) is 5.75 Å². The Labute approximate surface area is 112 Å². The van der Waals surface area contributed by atoms with E-state index < -0.39 is 0 Å². The number of hydrogen-bond donors (Lipinski definition) is 1. The number of benzene rings is 1. The van der Waals surface area contributed by atoms with Gasteiger partial charge in [-0.2, -0.15) is 5.10 Å². The second-order valence-corrected chi connectivity index (χ2v) is 4.82. The molecule has 0 aliphatic rings. The van der Waals surface area contributed by atoms with Crippen LogP contribution in [0.1, 0.15) is 31.3 Å². The number of nitrogens with zero attached hydrogens (tertiary/aromatic N) is 2. The van der Waals surface area contributed by atoms with Crippen molar-refractivity contribution in [3.05, 3.63) is 40.4 Å². The molecule has 4 nitrogen and oxygen atoms in total. The molecule has 0 spiro atoms. The molecule has 1 aromatic heterocycles. The molecule has 1 heterocycles. The van der Waals surface area contributed by atoms with Crippen LogP contribution in [0.15, 0.2) is 24.3 Å². The van der Waals surface area contributed by atoms with Gasteiger partial charge in [0.05, 0.1) is 7.11 Å². The highest BCUT2D eigenvalue weighted by Gasteiger charge is 2.09. The Morgan fingerprint density at radius 1 is 1.33 bits per heavy atom. The Bertz CT molecular complexity index is 569. The quantitative estimate of drug-likeness (QED) is 0.862. The smallest absolute Gasteiger partial charge is 0.195 e. The van der Waals surface area contributed by atoms with E-state index in [1.54, 1.807) is 7.11 Å². The summed E-state index contributed by atoms with van der Waals surface area (Å²) in [6, 6.07) is 8.30. The minimum absolute atomic E-state index is 0.310. The van der Waals surface area contributed by atoms with Gasteiger partial charge in [-0.1, -0.05) is 12.1 Å². The number of ether oxygens (including phenoxy) is 1. The first-order valence-corrected chi connectivity index (χ1v) is 6.31. The number of hydrogen-bond acceptors (Lipinski definition) is 3. The van der Waals surface area contributed by atoms with Crippen molar-refractivity contribution >= 4 is 12.2 Å². The summed E-state index contributed by atoms with van der Waals surface area (Å²) in [5, 5.41) is 7.14. The Balaban J connectivity index is 2.25. The van der Waals surface area contributed by atoms with Gasteiger partial charge >= 0.3 is 0 Å². The number of aromatic nitrogens is 3. The Morgan fingerprint density at radius 2 is 2.00 bits per heavy atom. The molecule has 0 saturated carbocycles. The van der Waals surface area contributed by atoms with Gasteiger partial charge in [0, 0.05) is 12.5 Å². The van der Waals surface area contributed by atoms with Crippen molar-refractivity contribution in [2.24, 2.45) is 0 Å². The Kier molecular flexibility index (Phi) is 3.81. The number of rotatable bonds is 4. The normalized spacial score (nSPS) is 10.9. The van der Waals surface area contributed by atoms with Crippen molar-refractivity contribution in [3.63, 3.8) is 0 Å². The van der Waals surface area contributed by atoms with E-state index in [9.17, 15) is 0 Å². The highest BCUT2D eigenvalue weighted by Crippen LogP contribution is 2.16. The zero-order valence-corrected chi connectivity index (χ0v) is 11.6. The van der Waals surface area contributed by atoms with E-state index in [4.69, 9.17) is 17.0 Å². The van der Waals surface area contributed by atoms with Crippen LogP contribution in [0.2, 0.25) is 0 Å². The standard InChI is InChI=1S/C13H17N3OS/c1-9(2)16-12(14-15-13(16)18)8-10-4-6-11(17-3)7-5-10/h4-7,9H,8H2,1-3H3,(H,15,18). The molecular formula is C13H17N3OS. The van der Waals surface area contributed by atoms with Gasteiger partial charge in [0.1, 0.15) is 11.6 Å². The lowest BCUT2D eigenvalue weighted by atomic mass is 10.1. The van der Waals surface area contributed by atoms with Crippen LogP contribution < -0.4 is 4.74 Å². The summed E-state index contributed by atoms with van der Waals surface area (Å²) in [5.74, 6) is 1.82. The summed E-state index contributed by atoms with van der Waals surface area (Å²) in [7, 11) is 1.67. The van der Waals surface area contributed by atoms with Crippen LogP contribution in [0, 0.1) is 4.77 Å². The van der Waals surface area contributed by atoms with Crippen LogP contribution in [0.4, 0.5) is 0 Å². The van der Waals surface area contributed by atoms with Gasteiger partial charge in [-0.15, -0.1) is 0 Å². The summed E-state index contributed by atoms with van der Waals surface area (Å²) in [4.78, 5) is 0. The molecule has 0 amide bonds. The van der Waals surface area contributed by atoms with E-state index in [1.165, 1.54) is 5.56 Å². The average molecular weight is 263 g/mol. The Morgan fingerprint density at radius 3 is 2.56 bits per heavy atom. The number of methoxy groups -OCH3 is 1. The molecule has 0 radical (unpaired) electrons. The zero-order chi connectivity index (χ0) is 13.1. The van der Waals surface area contributed by atoms with Crippen LogP contribution in [0.25, 0.3) is 0 Å². The third-order valence-corrected chi connectivity index (χ3v) is 3.10. The maximum atomic E-state index is 5.23. The molecule has 1 N–H and O–H groups in total. The van der Waals surface area contributed by atoms with E-state index in [2.05, 4.69) is 24.0 Å². The van der Waals surface area contributed by atoms with Crippen molar-refractivity contribution in [2.75, 3.05) is 7.11 Å². The molecule has 0 fully saturated rings. The fourth-order valence-corrected chi connectivity index (χ4v) is 2.28. The third-order valence-electron chi connectivity index (χ3n) is 2.82. The maximum absolute atomic E-state index is 5.23. The summed E-state index contributed by atoms with van der Waals surface area (Å²) >= 11 is 5.23. The molecule has 0 aliphatic carbocycles. The predicted octanol–water partition coefficient (Wildman–Crippen LogP) is 3.12. The van der Waals surface area contributed by atoms with Gasteiger partial charge in [-0.3, -0.25) is 5.10 Å². The van der Waals surface area contributed by atoms with Crippen molar-refractivity contribution in [2.45, 2.75) is 26.3 Å². The van der Waals surface area contributed by atoms with Crippen LogP contribution in [0.3, 0.4) is 0 Å². The summed E-state index contributed by atoms with van der Waals surface area (Å²) < 4.78 is 7.86. The zero-order valence-electron chi connectivity index (χ0n) is 10.8. The van der Waals surface area contributed by atoms with Gasteiger partial charge in [0.15, 0.2) is 4.77 Å². The summed E-state index contributed by atoms with van der Waals surface area (Å²) in [6.45, 7) is 4.20. The second-order valence-electron chi connectivity index (χ2n) is 4.43. The van der Waals surface area contributed by atoms with Crippen LogP contribution in [-0.4, -0.2) is 21.9 Å². The molecule has 0 saturated heterocycles. The molecule has 96 valence electrons. The summed E-state index contributed by atoms with van der Waals surface area (Å²) in [6.07, 6.45) is 0.759. The lowest BCUT2D eigenvalue weighted by molar-refractivity contribution is 0.414. The molecule has 2 rings (SSSR count). The van der Waals surface area contributed by atoms with Gasteiger partial charge in [0.25, 0.3) is 0 Å². The van der Waals surface area contributed by atoms with E-state index in [0.29, 0.717) is 10.8 Å². The molecule has 18 heavy (non-hydrogen) atoms. The first kappa shape index (κ1) is 12.8. The minimum atomic E-state index is 0.310. The molecule has 0 bridgehead atoms. The third kappa shape index (κ3) is 2.61. The highest BCUT2D eigenvalue weighted by molar-refractivity contribution is 7.71. The molecule has 0 atom stereocenters. The SMILES string of the molecule is COc1ccc(Cc2n[nH]c(=S)n2C(C)C)cc1. The van der Waals surface area contributed by atoms with Crippen molar-refractivity contribution in [1.82, 2.24) is 14.8 Å². The van der Waals surface area contributed by atoms with Crippen LogP contribution >= 0.6 is 12.2 Å². The van der Waals surface area contributed by atoms with Crippen molar-refractivity contribution < 1.29 is 4.74 Å². The first-order chi connectivity index (χ1) is 8.61. The van der Waals surface area contributed by atoms with Gasteiger partial charge in [-0.25, -0.2) is 0 Å². The minimum Gasteiger partial charge on any atom is -0.497 e. The fraction of sp³-hybridized carbons (Fsp3) is 0.385. The molecular weight excluding hydrogens is 246 g/mol. The largest absolute Gasteiger partial charge is 0.497 e. The first-order valence-electron chi connectivity index (χ1n) is 5.90. The molecule has 1 aromatic carbocycles. The monoisotopic (exact) mass is 263 g/mol. The topological polar surface area (TPSA) is 42.8 Å². The van der Waals surface area contributed by atoms with Gasteiger partial charge < -0.3 is 9.30 Å². The van der Waals surface area contributed by atoms with Crippen LogP contribution in [0.5, 0.6) is 5.75 Å².